The van der Waals surface area contributed by atoms with Gasteiger partial charge in [0.15, 0.2) is 9.92 Å². The van der Waals surface area contributed by atoms with Crippen LogP contribution in [0.1, 0.15) is 54.9 Å². The molecule has 3 amide bonds. The molecule has 3 aliphatic rings. The molecule has 1 heterocycles. The van der Waals surface area contributed by atoms with Crippen LogP contribution in [0.5, 0.6) is 0 Å². The Balaban J connectivity index is 1.54. The standard InChI is InChI=1S/C22H27N5O3S/c1-15(28)27-11-4-7-18(27)10-12-31(30,24-14-23)26-22(29)25-21-19-8-2-5-16(19)13-17-6-3-9-20(17)21/h10,12-13,18H,2-9,11H2,1H3,(H2,24,25,26,29,30)/b12-10+/t18-,31?/m1/s1. The number of aryl methyl sites for hydroxylation is 2. The fourth-order valence-corrected chi connectivity index (χ4v) is 5.97. The maximum Gasteiger partial charge on any atom is 0.331 e. The van der Waals surface area contributed by atoms with Crippen LogP contribution in [0.25, 0.3) is 0 Å². The van der Waals surface area contributed by atoms with Crippen molar-refractivity contribution in [3.8, 4) is 6.19 Å². The van der Waals surface area contributed by atoms with E-state index < -0.39 is 15.9 Å². The topological polar surface area (TPSA) is 115 Å². The fourth-order valence-electron chi connectivity index (χ4n) is 4.97. The van der Waals surface area contributed by atoms with Crippen molar-refractivity contribution < 1.29 is 13.8 Å². The number of hydrogen-bond donors (Lipinski definition) is 2. The molecule has 1 aromatic rings. The number of fused-ring (bicyclic) bond motifs is 2. The molecule has 31 heavy (non-hydrogen) atoms. The maximum atomic E-state index is 13.1. The molecule has 0 spiro atoms. The molecule has 2 aliphatic carbocycles. The van der Waals surface area contributed by atoms with Crippen molar-refractivity contribution in [1.82, 2.24) is 9.62 Å². The zero-order valence-electron chi connectivity index (χ0n) is 17.6. The molecular formula is C22H27N5O3S. The first kappa shape index (κ1) is 21.4. The normalized spacial score (nSPS) is 21.3. The highest BCUT2D eigenvalue weighted by Crippen LogP contribution is 2.38. The van der Waals surface area contributed by atoms with Gasteiger partial charge in [0, 0.05) is 24.6 Å². The molecule has 164 valence electrons. The van der Waals surface area contributed by atoms with E-state index in [4.69, 9.17) is 5.26 Å². The molecule has 9 heteroatoms. The quantitative estimate of drug-likeness (QED) is 0.698. The maximum absolute atomic E-state index is 13.1. The number of likely N-dealkylation sites (tertiary alicyclic amines) is 1. The van der Waals surface area contributed by atoms with Crippen LogP contribution >= 0.6 is 0 Å². The smallest absolute Gasteiger partial charge is 0.331 e. The molecular weight excluding hydrogens is 414 g/mol. The van der Waals surface area contributed by atoms with Crippen molar-refractivity contribution in [1.29, 1.82) is 5.26 Å². The molecule has 1 saturated heterocycles. The van der Waals surface area contributed by atoms with Crippen molar-refractivity contribution in [2.75, 3.05) is 11.9 Å². The van der Waals surface area contributed by atoms with Gasteiger partial charge < -0.3 is 10.2 Å². The lowest BCUT2D eigenvalue weighted by Crippen LogP contribution is -2.35. The van der Waals surface area contributed by atoms with Crippen molar-refractivity contribution in [2.24, 2.45) is 4.36 Å². The Morgan fingerprint density at radius 2 is 1.87 bits per heavy atom. The van der Waals surface area contributed by atoms with E-state index in [9.17, 15) is 13.8 Å². The van der Waals surface area contributed by atoms with Gasteiger partial charge in [0.1, 0.15) is 0 Å². The van der Waals surface area contributed by atoms with E-state index in [1.807, 2.05) is 0 Å². The Hall–Kier alpha value is -2.86. The number of nitrogens with zero attached hydrogens (tertiary/aromatic N) is 3. The number of nitriles is 1. The molecule has 1 aromatic carbocycles. The van der Waals surface area contributed by atoms with Crippen molar-refractivity contribution in [3.63, 3.8) is 0 Å². The first-order valence-electron chi connectivity index (χ1n) is 10.8. The van der Waals surface area contributed by atoms with Crippen LogP contribution < -0.4 is 10.0 Å². The monoisotopic (exact) mass is 441 g/mol. The fraction of sp³-hybridized carbons (Fsp3) is 0.500. The Morgan fingerprint density at radius 3 is 2.48 bits per heavy atom. The van der Waals surface area contributed by atoms with Crippen LogP contribution in [0.2, 0.25) is 0 Å². The zero-order valence-corrected chi connectivity index (χ0v) is 18.5. The van der Waals surface area contributed by atoms with E-state index in [2.05, 4.69) is 20.5 Å². The molecule has 0 radical (unpaired) electrons. The first-order valence-corrected chi connectivity index (χ1v) is 12.3. The average molecular weight is 442 g/mol. The predicted octanol–water partition coefficient (Wildman–Crippen LogP) is 3.17. The molecule has 1 unspecified atom stereocenters. The second kappa shape index (κ2) is 8.71. The number of benzene rings is 1. The Morgan fingerprint density at radius 1 is 1.19 bits per heavy atom. The lowest BCUT2D eigenvalue weighted by atomic mass is 9.99. The highest BCUT2D eigenvalue weighted by molar-refractivity contribution is 7.95. The van der Waals surface area contributed by atoms with E-state index in [0.717, 1.165) is 68.2 Å². The third kappa shape index (κ3) is 4.44. The summed E-state index contributed by atoms with van der Waals surface area (Å²) in [5.74, 6) is -0.0617. The van der Waals surface area contributed by atoms with Gasteiger partial charge in [-0.15, -0.1) is 0 Å². The van der Waals surface area contributed by atoms with Gasteiger partial charge in [-0.25, -0.2) is 13.7 Å². The van der Waals surface area contributed by atoms with Crippen LogP contribution in [-0.4, -0.2) is 33.6 Å². The summed E-state index contributed by atoms with van der Waals surface area (Å²) in [4.78, 5) is 26.2. The number of nitrogens with one attached hydrogen (secondary N) is 2. The minimum absolute atomic E-state index is 0.0617. The summed E-state index contributed by atoms with van der Waals surface area (Å²) in [6, 6.07) is 1.42. The average Bonchev–Trinajstić information content (AvgIpc) is 3.46. The van der Waals surface area contributed by atoms with Gasteiger partial charge in [-0.1, -0.05) is 16.5 Å². The Kier molecular flexibility index (Phi) is 6.01. The van der Waals surface area contributed by atoms with Crippen molar-refractivity contribution in [3.05, 3.63) is 39.8 Å². The molecule has 1 fully saturated rings. The van der Waals surface area contributed by atoms with Gasteiger partial charge >= 0.3 is 6.03 Å². The van der Waals surface area contributed by atoms with Crippen molar-refractivity contribution in [2.45, 2.75) is 64.3 Å². The Labute approximate surface area is 183 Å². The van der Waals surface area contributed by atoms with Crippen LogP contribution in [0.3, 0.4) is 0 Å². The van der Waals surface area contributed by atoms with Gasteiger partial charge in [-0.2, -0.15) is 5.26 Å². The van der Waals surface area contributed by atoms with Crippen molar-refractivity contribution >= 4 is 27.5 Å². The summed E-state index contributed by atoms with van der Waals surface area (Å²) < 4.78 is 19.0. The first-order chi connectivity index (χ1) is 14.9. The lowest BCUT2D eigenvalue weighted by Gasteiger charge is -2.20. The molecule has 0 saturated carbocycles. The van der Waals surface area contributed by atoms with Gasteiger partial charge in [-0.3, -0.25) is 4.79 Å². The van der Waals surface area contributed by atoms with Crippen LogP contribution in [0, 0.1) is 11.5 Å². The zero-order chi connectivity index (χ0) is 22.0. The van der Waals surface area contributed by atoms with Gasteiger partial charge in [-0.05, 0) is 73.6 Å². The highest BCUT2D eigenvalue weighted by atomic mass is 32.2. The third-order valence-corrected chi connectivity index (χ3v) is 7.67. The van der Waals surface area contributed by atoms with Gasteiger partial charge in [0.05, 0.1) is 6.04 Å². The molecule has 4 rings (SSSR count). The molecule has 2 N–H and O–H groups in total. The highest BCUT2D eigenvalue weighted by Gasteiger charge is 2.27. The van der Waals surface area contributed by atoms with Crippen LogP contribution in [0.4, 0.5) is 10.5 Å². The number of amides is 3. The third-order valence-electron chi connectivity index (χ3n) is 6.32. The van der Waals surface area contributed by atoms with Gasteiger partial charge in [0.25, 0.3) is 0 Å². The second-order valence-electron chi connectivity index (χ2n) is 8.30. The van der Waals surface area contributed by atoms with Crippen LogP contribution in [-0.2, 0) is 40.4 Å². The predicted molar refractivity (Wildman–Crippen MR) is 118 cm³/mol. The van der Waals surface area contributed by atoms with E-state index in [-0.39, 0.29) is 11.9 Å². The van der Waals surface area contributed by atoms with Crippen LogP contribution in [0.15, 0.2) is 21.9 Å². The summed E-state index contributed by atoms with van der Waals surface area (Å²) >= 11 is 0. The lowest BCUT2D eigenvalue weighted by molar-refractivity contribution is -0.128. The van der Waals surface area contributed by atoms with E-state index >= 15 is 0 Å². The minimum Gasteiger partial charge on any atom is -0.336 e. The van der Waals surface area contributed by atoms with E-state index in [1.54, 1.807) is 17.2 Å². The summed E-state index contributed by atoms with van der Waals surface area (Å²) in [6.07, 6.45) is 10.7. The summed E-state index contributed by atoms with van der Waals surface area (Å²) in [5, 5.41) is 13.2. The summed E-state index contributed by atoms with van der Waals surface area (Å²) in [6.45, 7) is 2.13. The Bertz CT molecular complexity index is 1080. The number of urea groups is 1. The number of carbonyl (C=O) groups is 2. The number of carbonyl (C=O) groups excluding carboxylic acids is 2. The number of rotatable bonds is 4. The summed E-state index contributed by atoms with van der Waals surface area (Å²) in [5.41, 5.74) is 5.73. The molecule has 8 nitrogen and oxygen atoms in total. The van der Waals surface area contributed by atoms with E-state index in [1.165, 1.54) is 23.5 Å². The largest absolute Gasteiger partial charge is 0.336 e. The van der Waals surface area contributed by atoms with E-state index in [0.29, 0.717) is 6.54 Å². The molecule has 2 atom stereocenters. The molecule has 1 aliphatic heterocycles. The number of anilines is 1. The second-order valence-corrected chi connectivity index (χ2v) is 10.1. The number of hydrogen-bond acceptors (Lipinski definition) is 5. The SMILES string of the molecule is CC(=O)N1CCC[C@@H]1/C=C/S(=O)(=NC#N)NC(=O)Nc1c2c(cc3c1CCC3)CCC2. The molecule has 0 aromatic heterocycles. The molecule has 0 bridgehead atoms. The summed E-state index contributed by atoms with van der Waals surface area (Å²) in [7, 11) is -3.44. The minimum atomic E-state index is -3.44. The van der Waals surface area contributed by atoms with Gasteiger partial charge in [0.2, 0.25) is 12.1 Å².